The Morgan fingerprint density at radius 3 is 2.60 bits per heavy atom. The van der Waals surface area contributed by atoms with E-state index in [0.29, 0.717) is 11.3 Å². The van der Waals surface area contributed by atoms with Gasteiger partial charge in [-0.05, 0) is 17.8 Å². The molecule has 2 unspecified atom stereocenters. The van der Waals surface area contributed by atoms with Gasteiger partial charge in [-0.15, -0.1) is 11.6 Å². The summed E-state index contributed by atoms with van der Waals surface area (Å²) < 4.78 is 0. The number of rotatable bonds is 4. The van der Waals surface area contributed by atoms with Crippen LogP contribution in [-0.4, -0.2) is 15.3 Å². The Balaban J connectivity index is 2.39. The van der Waals surface area contributed by atoms with Gasteiger partial charge in [-0.2, -0.15) is 0 Å². The van der Waals surface area contributed by atoms with E-state index in [2.05, 4.69) is 37.7 Å². The molecule has 0 amide bonds. The van der Waals surface area contributed by atoms with E-state index in [1.165, 1.54) is 0 Å². The van der Waals surface area contributed by atoms with Crippen LogP contribution in [0.2, 0.25) is 0 Å². The molecule has 0 saturated heterocycles. The molecule has 0 spiro atoms. The number of hydrogen-bond acceptors (Lipinski definition) is 1. The summed E-state index contributed by atoms with van der Waals surface area (Å²) in [4.78, 5) is 7.27. The molecule has 1 aromatic heterocycles. The molecule has 86 valence electrons. The zero-order chi connectivity index (χ0) is 11.5. The molecule has 0 saturated carbocycles. The molecule has 0 radical (unpaired) electrons. The number of nitrogens with one attached hydrogen (secondary N) is 1. The predicted octanol–water partition coefficient (Wildman–Crippen LogP) is 3.63. The molecule has 15 heavy (non-hydrogen) atoms. The van der Waals surface area contributed by atoms with Gasteiger partial charge in [0.2, 0.25) is 0 Å². The molecule has 0 aliphatic carbocycles. The second kappa shape index (κ2) is 5.02. The Hall–Kier alpha value is -0.500. The number of nitrogens with zero attached hydrogens (tertiary/aromatic N) is 1. The van der Waals surface area contributed by atoms with E-state index in [9.17, 15) is 0 Å². The fourth-order valence-electron chi connectivity index (χ4n) is 1.44. The summed E-state index contributed by atoms with van der Waals surface area (Å²) in [6.07, 6.45) is 5.47. The quantitative estimate of drug-likeness (QED) is 0.784. The Kier molecular flexibility index (Phi) is 4.21. The highest BCUT2D eigenvalue weighted by Gasteiger charge is 2.23. The summed E-state index contributed by atoms with van der Waals surface area (Å²) in [5.41, 5.74) is 0.330. The number of halogens is 1. The molecule has 2 nitrogen and oxygen atoms in total. The van der Waals surface area contributed by atoms with Gasteiger partial charge in [-0.3, -0.25) is 0 Å². The van der Waals surface area contributed by atoms with Crippen LogP contribution in [0.4, 0.5) is 0 Å². The van der Waals surface area contributed by atoms with E-state index in [1.807, 2.05) is 6.20 Å². The summed E-state index contributed by atoms with van der Waals surface area (Å²) in [6, 6.07) is 0. The molecule has 3 heteroatoms. The van der Waals surface area contributed by atoms with Gasteiger partial charge in [0.15, 0.2) is 0 Å². The van der Waals surface area contributed by atoms with Gasteiger partial charge in [0.1, 0.15) is 5.82 Å². The summed E-state index contributed by atoms with van der Waals surface area (Å²) in [7, 11) is 0. The van der Waals surface area contributed by atoms with Crippen molar-refractivity contribution in [2.24, 2.45) is 11.3 Å². The third kappa shape index (κ3) is 4.25. The van der Waals surface area contributed by atoms with Crippen molar-refractivity contribution in [3.05, 3.63) is 18.2 Å². The van der Waals surface area contributed by atoms with Crippen molar-refractivity contribution >= 4 is 11.6 Å². The van der Waals surface area contributed by atoms with Gasteiger partial charge >= 0.3 is 0 Å². The van der Waals surface area contributed by atoms with E-state index in [-0.39, 0.29) is 5.38 Å². The molecule has 0 aliphatic rings. The molecule has 1 heterocycles. The predicted molar refractivity (Wildman–Crippen MR) is 65.2 cm³/mol. The first-order valence-electron chi connectivity index (χ1n) is 5.52. The molecular weight excluding hydrogens is 208 g/mol. The van der Waals surface area contributed by atoms with Crippen LogP contribution in [0.25, 0.3) is 0 Å². The van der Waals surface area contributed by atoms with E-state index >= 15 is 0 Å². The van der Waals surface area contributed by atoms with Crippen LogP contribution in [0.5, 0.6) is 0 Å². The molecule has 1 rings (SSSR count). The highest BCUT2D eigenvalue weighted by Crippen LogP contribution is 2.30. The van der Waals surface area contributed by atoms with Crippen molar-refractivity contribution in [1.82, 2.24) is 9.97 Å². The highest BCUT2D eigenvalue weighted by atomic mass is 35.5. The first-order chi connectivity index (χ1) is 6.89. The maximum atomic E-state index is 6.31. The van der Waals surface area contributed by atoms with Gasteiger partial charge < -0.3 is 4.98 Å². The van der Waals surface area contributed by atoms with Crippen molar-refractivity contribution in [2.75, 3.05) is 0 Å². The van der Waals surface area contributed by atoms with Gasteiger partial charge in [-0.1, -0.05) is 27.7 Å². The lowest BCUT2D eigenvalue weighted by atomic mass is 9.79. The second-order valence-corrected chi connectivity index (χ2v) is 5.96. The summed E-state index contributed by atoms with van der Waals surface area (Å²) in [5, 5.41) is 0.172. The van der Waals surface area contributed by atoms with E-state index in [1.54, 1.807) is 6.20 Å². The third-order valence-electron chi connectivity index (χ3n) is 3.06. The highest BCUT2D eigenvalue weighted by molar-refractivity contribution is 6.20. The molecule has 2 atom stereocenters. The minimum Gasteiger partial charge on any atom is -0.349 e. The Bertz CT molecular complexity index is 274. The fraction of sp³-hybridized carbons (Fsp3) is 0.750. The maximum Gasteiger partial charge on any atom is 0.107 e. The lowest BCUT2D eigenvalue weighted by Crippen LogP contribution is -2.21. The molecule has 1 aromatic rings. The zero-order valence-electron chi connectivity index (χ0n) is 10.0. The molecule has 0 aliphatic heterocycles. The second-order valence-electron chi connectivity index (χ2n) is 5.34. The van der Waals surface area contributed by atoms with Crippen LogP contribution < -0.4 is 0 Å². The molecule has 1 N–H and O–H groups in total. The lowest BCUT2D eigenvalue weighted by molar-refractivity contribution is 0.244. The Morgan fingerprint density at radius 1 is 1.47 bits per heavy atom. The summed E-state index contributed by atoms with van der Waals surface area (Å²) in [6.45, 7) is 9.04. The first kappa shape index (κ1) is 12.6. The standard InChI is InChI=1S/C12H21ClN2/c1-9(12(2,3)4)7-10(13)8-11-14-5-6-15-11/h5-6,9-10H,7-8H2,1-4H3,(H,14,15). The largest absolute Gasteiger partial charge is 0.349 e. The number of H-pyrrole nitrogens is 1. The Morgan fingerprint density at radius 2 is 2.13 bits per heavy atom. The van der Waals surface area contributed by atoms with E-state index < -0.39 is 0 Å². The average molecular weight is 229 g/mol. The van der Waals surface area contributed by atoms with Crippen LogP contribution >= 0.6 is 11.6 Å². The maximum absolute atomic E-state index is 6.31. The van der Waals surface area contributed by atoms with Gasteiger partial charge in [-0.25, -0.2) is 4.98 Å². The molecule has 0 bridgehead atoms. The molecule has 0 aromatic carbocycles. The minimum atomic E-state index is 0.172. The van der Waals surface area contributed by atoms with Gasteiger partial charge in [0, 0.05) is 24.2 Å². The zero-order valence-corrected chi connectivity index (χ0v) is 10.8. The van der Waals surface area contributed by atoms with Crippen molar-refractivity contribution in [2.45, 2.75) is 45.9 Å². The van der Waals surface area contributed by atoms with Gasteiger partial charge in [0.05, 0.1) is 0 Å². The van der Waals surface area contributed by atoms with Crippen molar-refractivity contribution in [3.63, 3.8) is 0 Å². The van der Waals surface area contributed by atoms with E-state index in [0.717, 1.165) is 18.7 Å². The minimum absolute atomic E-state index is 0.172. The van der Waals surface area contributed by atoms with Gasteiger partial charge in [0.25, 0.3) is 0 Å². The SMILES string of the molecule is CC(CC(Cl)Cc1ncc[nH]1)C(C)(C)C. The van der Waals surface area contributed by atoms with Crippen molar-refractivity contribution < 1.29 is 0 Å². The third-order valence-corrected chi connectivity index (χ3v) is 3.39. The van der Waals surface area contributed by atoms with Crippen LogP contribution in [0.15, 0.2) is 12.4 Å². The molecular formula is C12H21ClN2. The first-order valence-corrected chi connectivity index (χ1v) is 5.95. The Labute approximate surface area is 97.4 Å². The van der Waals surface area contributed by atoms with Crippen molar-refractivity contribution in [1.29, 1.82) is 0 Å². The normalized spacial score (nSPS) is 16.3. The van der Waals surface area contributed by atoms with Crippen LogP contribution in [-0.2, 0) is 6.42 Å². The van der Waals surface area contributed by atoms with Crippen LogP contribution in [0.1, 0.15) is 39.9 Å². The topological polar surface area (TPSA) is 28.7 Å². The van der Waals surface area contributed by atoms with Crippen molar-refractivity contribution in [3.8, 4) is 0 Å². The number of imidazole rings is 1. The summed E-state index contributed by atoms with van der Waals surface area (Å²) >= 11 is 6.31. The lowest BCUT2D eigenvalue weighted by Gasteiger charge is -2.28. The number of aromatic amines is 1. The summed E-state index contributed by atoms with van der Waals surface area (Å²) in [5.74, 6) is 1.60. The number of alkyl halides is 1. The number of hydrogen-bond donors (Lipinski definition) is 1. The average Bonchev–Trinajstić information content (AvgIpc) is 2.54. The fourth-order valence-corrected chi connectivity index (χ4v) is 1.85. The number of aromatic nitrogens is 2. The van der Waals surface area contributed by atoms with Crippen LogP contribution in [0, 0.1) is 11.3 Å². The monoisotopic (exact) mass is 228 g/mol. The van der Waals surface area contributed by atoms with Crippen LogP contribution in [0.3, 0.4) is 0 Å². The smallest absolute Gasteiger partial charge is 0.107 e. The molecule has 0 fully saturated rings. The van der Waals surface area contributed by atoms with E-state index in [4.69, 9.17) is 11.6 Å².